The Bertz CT molecular complexity index is 719. The molecule has 0 aromatic heterocycles. The molecule has 3 rings (SSSR count). The quantitative estimate of drug-likeness (QED) is 0.653. The van der Waals surface area contributed by atoms with E-state index in [1.165, 1.54) is 10.8 Å². The summed E-state index contributed by atoms with van der Waals surface area (Å²) in [7, 11) is 0. The van der Waals surface area contributed by atoms with Gasteiger partial charge in [0.2, 0.25) is 0 Å². The van der Waals surface area contributed by atoms with Crippen molar-refractivity contribution < 1.29 is 0 Å². The lowest BCUT2D eigenvalue weighted by Gasteiger charge is -2.08. The molecule has 0 saturated carbocycles. The molecule has 0 fully saturated rings. The van der Waals surface area contributed by atoms with Crippen LogP contribution in [0.15, 0.2) is 70.5 Å². The minimum Gasteiger partial charge on any atom is -0.398 e. The Morgan fingerprint density at radius 1 is 0.842 bits per heavy atom. The van der Waals surface area contributed by atoms with Crippen LogP contribution in [0.4, 0.5) is 5.69 Å². The maximum atomic E-state index is 6.20. The number of hydrogen-bond donors (Lipinski definition) is 1. The SMILES string of the molecule is Nc1cccc(Cl)c1Sc1ccc2ccccc2c1. The van der Waals surface area contributed by atoms with Gasteiger partial charge in [0.1, 0.15) is 0 Å². The van der Waals surface area contributed by atoms with Gasteiger partial charge in [-0.2, -0.15) is 0 Å². The van der Waals surface area contributed by atoms with Crippen LogP contribution in [0.2, 0.25) is 5.02 Å². The Kier molecular flexibility index (Phi) is 3.36. The molecule has 19 heavy (non-hydrogen) atoms. The summed E-state index contributed by atoms with van der Waals surface area (Å²) in [4.78, 5) is 2.05. The van der Waals surface area contributed by atoms with E-state index in [9.17, 15) is 0 Å². The zero-order valence-electron chi connectivity index (χ0n) is 10.1. The molecular weight excluding hydrogens is 274 g/mol. The number of fused-ring (bicyclic) bond motifs is 1. The van der Waals surface area contributed by atoms with Gasteiger partial charge in [-0.25, -0.2) is 0 Å². The molecule has 0 unspecified atom stereocenters. The van der Waals surface area contributed by atoms with Crippen LogP contribution in [0.25, 0.3) is 10.8 Å². The predicted molar refractivity (Wildman–Crippen MR) is 83.9 cm³/mol. The average molecular weight is 286 g/mol. The van der Waals surface area contributed by atoms with Crippen LogP contribution in [0.5, 0.6) is 0 Å². The van der Waals surface area contributed by atoms with Gasteiger partial charge in [0.15, 0.2) is 0 Å². The van der Waals surface area contributed by atoms with Gasteiger partial charge in [0.25, 0.3) is 0 Å². The van der Waals surface area contributed by atoms with Crippen LogP contribution >= 0.6 is 23.4 Å². The molecule has 3 heteroatoms. The highest BCUT2D eigenvalue weighted by Gasteiger charge is 2.07. The van der Waals surface area contributed by atoms with Gasteiger partial charge >= 0.3 is 0 Å². The monoisotopic (exact) mass is 285 g/mol. The Morgan fingerprint density at radius 2 is 1.63 bits per heavy atom. The third kappa shape index (κ3) is 2.55. The number of halogens is 1. The lowest BCUT2D eigenvalue weighted by molar-refractivity contribution is 1.42. The summed E-state index contributed by atoms with van der Waals surface area (Å²) < 4.78 is 0. The highest BCUT2D eigenvalue weighted by molar-refractivity contribution is 7.99. The van der Waals surface area contributed by atoms with Crippen LogP contribution in [-0.4, -0.2) is 0 Å². The lowest BCUT2D eigenvalue weighted by atomic mass is 10.1. The zero-order valence-corrected chi connectivity index (χ0v) is 11.7. The smallest absolute Gasteiger partial charge is 0.0566 e. The minimum atomic E-state index is 0.693. The Labute approximate surface area is 121 Å². The van der Waals surface area contributed by atoms with E-state index >= 15 is 0 Å². The molecule has 0 heterocycles. The van der Waals surface area contributed by atoms with E-state index in [0.29, 0.717) is 10.7 Å². The summed E-state index contributed by atoms with van der Waals surface area (Å²) in [6.07, 6.45) is 0. The fraction of sp³-hybridized carbons (Fsp3) is 0. The van der Waals surface area contributed by atoms with Crippen molar-refractivity contribution in [3.8, 4) is 0 Å². The Hall–Kier alpha value is -1.64. The van der Waals surface area contributed by atoms with Gasteiger partial charge in [-0.1, -0.05) is 59.8 Å². The first-order valence-electron chi connectivity index (χ1n) is 5.95. The summed E-state index contributed by atoms with van der Waals surface area (Å²) in [6.45, 7) is 0. The summed E-state index contributed by atoms with van der Waals surface area (Å²) >= 11 is 7.80. The number of benzene rings is 3. The predicted octanol–water partition coefficient (Wildman–Crippen LogP) is 5.23. The zero-order chi connectivity index (χ0) is 13.2. The van der Waals surface area contributed by atoms with Crippen LogP contribution < -0.4 is 5.73 Å². The number of nitrogens with two attached hydrogens (primary N) is 1. The summed E-state index contributed by atoms with van der Waals surface area (Å²) in [5.74, 6) is 0. The highest BCUT2D eigenvalue weighted by atomic mass is 35.5. The largest absolute Gasteiger partial charge is 0.398 e. The van der Waals surface area contributed by atoms with Crippen molar-refractivity contribution in [2.24, 2.45) is 0 Å². The molecule has 0 amide bonds. The van der Waals surface area contributed by atoms with E-state index in [1.54, 1.807) is 11.8 Å². The van der Waals surface area contributed by atoms with Gasteiger partial charge in [-0.05, 0) is 35.0 Å². The van der Waals surface area contributed by atoms with Crippen molar-refractivity contribution >= 4 is 39.8 Å². The first kappa shape index (κ1) is 12.4. The van der Waals surface area contributed by atoms with Crippen LogP contribution in [-0.2, 0) is 0 Å². The van der Waals surface area contributed by atoms with E-state index in [4.69, 9.17) is 17.3 Å². The van der Waals surface area contributed by atoms with Crippen molar-refractivity contribution in [2.75, 3.05) is 5.73 Å². The molecule has 0 spiro atoms. The fourth-order valence-corrected chi connectivity index (χ4v) is 3.19. The molecule has 3 aromatic carbocycles. The van der Waals surface area contributed by atoms with Crippen molar-refractivity contribution in [2.45, 2.75) is 9.79 Å². The number of anilines is 1. The molecule has 94 valence electrons. The molecule has 0 aliphatic heterocycles. The summed E-state index contributed by atoms with van der Waals surface area (Å²) in [6, 6.07) is 20.3. The topological polar surface area (TPSA) is 26.0 Å². The van der Waals surface area contributed by atoms with Gasteiger partial charge in [-0.15, -0.1) is 0 Å². The minimum absolute atomic E-state index is 0.693. The van der Waals surface area contributed by atoms with Crippen LogP contribution in [0.1, 0.15) is 0 Å². The van der Waals surface area contributed by atoms with Gasteiger partial charge in [-0.3, -0.25) is 0 Å². The maximum absolute atomic E-state index is 6.20. The average Bonchev–Trinajstić information content (AvgIpc) is 2.43. The molecule has 3 aromatic rings. The van der Waals surface area contributed by atoms with E-state index < -0.39 is 0 Å². The first-order chi connectivity index (χ1) is 9.24. The van der Waals surface area contributed by atoms with Crippen LogP contribution in [0, 0.1) is 0 Å². The number of nitrogen functional groups attached to an aromatic ring is 1. The van der Waals surface area contributed by atoms with Crippen molar-refractivity contribution in [1.29, 1.82) is 0 Å². The Morgan fingerprint density at radius 3 is 2.42 bits per heavy atom. The second kappa shape index (κ2) is 5.16. The standard InChI is InChI=1S/C16H12ClNS/c17-14-6-3-7-15(18)16(14)19-13-9-8-11-4-1-2-5-12(11)10-13/h1-10H,18H2. The molecule has 0 aliphatic rings. The van der Waals surface area contributed by atoms with E-state index in [2.05, 4.69) is 30.3 Å². The fourth-order valence-electron chi connectivity index (χ4n) is 1.98. The lowest BCUT2D eigenvalue weighted by Crippen LogP contribution is -1.88. The molecule has 0 saturated heterocycles. The van der Waals surface area contributed by atoms with Gasteiger partial charge in [0, 0.05) is 10.6 Å². The van der Waals surface area contributed by atoms with E-state index in [1.807, 2.05) is 30.3 Å². The normalized spacial score (nSPS) is 10.8. The van der Waals surface area contributed by atoms with Crippen molar-refractivity contribution in [3.63, 3.8) is 0 Å². The second-order valence-electron chi connectivity index (χ2n) is 4.27. The summed E-state index contributed by atoms with van der Waals surface area (Å²) in [5.41, 5.74) is 6.69. The molecule has 2 N–H and O–H groups in total. The molecule has 0 bridgehead atoms. The molecule has 1 nitrogen and oxygen atoms in total. The number of hydrogen-bond acceptors (Lipinski definition) is 2. The third-order valence-corrected chi connectivity index (χ3v) is 4.51. The van der Waals surface area contributed by atoms with Crippen molar-refractivity contribution in [3.05, 3.63) is 65.7 Å². The van der Waals surface area contributed by atoms with Gasteiger partial charge in [0.05, 0.1) is 9.92 Å². The molecule has 0 atom stereocenters. The maximum Gasteiger partial charge on any atom is 0.0566 e. The molecular formula is C16H12ClNS. The molecule has 0 aliphatic carbocycles. The van der Waals surface area contributed by atoms with E-state index in [0.717, 1.165) is 9.79 Å². The number of rotatable bonds is 2. The highest BCUT2D eigenvalue weighted by Crippen LogP contribution is 2.38. The summed E-state index contributed by atoms with van der Waals surface area (Å²) in [5, 5.41) is 3.15. The third-order valence-electron chi connectivity index (χ3n) is 2.94. The second-order valence-corrected chi connectivity index (χ2v) is 5.76. The molecule has 0 radical (unpaired) electrons. The van der Waals surface area contributed by atoms with Crippen molar-refractivity contribution in [1.82, 2.24) is 0 Å². The van der Waals surface area contributed by atoms with E-state index in [-0.39, 0.29) is 0 Å². The Balaban J connectivity index is 2.01. The first-order valence-corrected chi connectivity index (χ1v) is 7.14. The van der Waals surface area contributed by atoms with Crippen LogP contribution in [0.3, 0.4) is 0 Å². The van der Waals surface area contributed by atoms with Gasteiger partial charge < -0.3 is 5.73 Å².